The zero-order chi connectivity index (χ0) is 17.2. The van der Waals surface area contributed by atoms with Crippen LogP contribution in [0.2, 0.25) is 0 Å². The van der Waals surface area contributed by atoms with E-state index in [1.54, 1.807) is 6.07 Å². The number of anilines is 1. The predicted molar refractivity (Wildman–Crippen MR) is 92.1 cm³/mol. The minimum atomic E-state index is -4.36. The summed E-state index contributed by atoms with van der Waals surface area (Å²) in [5, 5.41) is 5.78. The van der Waals surface area contributed by atoms with Crippen molar-refractivity contribution >= 4 is 29.1 Å². The first-order valence-electron chi connectivity index (χ1n) is 7.27. The van der Waals surface area contributed by atoms with Crippen LogP contribution < -0.4 is 10.3 Å². The standard InChI is InChI=1S/C17H14F3N3S/c18-17(19,20)13-6-4-5-12(9-13)10-15-21-22-16(11-24)23(15)14-7-2-1-3-8-14/h1-9,11,16,22H,10H2. The second-order valence-corrected chi connectivity index (χ2v) is 5.59. The summed E-state index contributed by atoms with van der Waals surface area (Å²) in [6.07, 6.45) is -4.39. The Bertz CT molecular complexity index is 759. The fourth-order valence-corrected chi connectivity index (χ4v) is 2.75. The average molecular weight is 349 g/mol. The van der Waals surface area contributed by atoms with E-state index in [0.29, 0.717) is 11.4 Å². The van der Waals surface area contributed by atoms with E-state index < -0.39 is 11.7 Å². The summed E-state index contributed by atoms with van der Waals surface area (Å²) in [7, 11) is 0. The van der Waals surface area contributed by atoms with E-state index in [4.69, 9.17) is 12.2 Å². The van der Waals surface area contributed by atoms with E-state index in [-0.39, 0.29) is 12.6 Å². The van der Waals surface area contributed by atoms with Gasteiger partial charge in [-0.25, -0.2) is 0 Å². The summed E-state index contributed by atoms with van der Waals surface area (Å²) >= 11 is 5.02. The molecule has 1 unspecified atom stereocenters. The van der Waals surface area contributed by atoms with Crippen molar-refractivity contribution in [3.63, 3.8) is 0 Å². The third-order valence-electron chi connectivity index (χ3n) is 3.66. The fourth-order valence-electron chi connectivity index (χ4n) is 2.57. The number of alkyl halides is 3. The maximum absolute atomic E-state index is 12.9. The molecule has 1 aliphatic heterocycles. The molecule has 0 amide bonds. The molecule has 1 N–H and O–H groups in total. The Morgan fingerprint density at radius 1 is 1.12 bits per heavy atom. The van der Waals surface area contributed by atoms with Crippen LogP contribution in [0.25, 0.3) is 0 Å². The highest BCUT2D eigenvalue weighted by atomic mass is 32.1. The average Bonchev–Trinajstić information content (AvgIpc) is 2.98. The normalized spacial score (nSPS) is 17.4. The van der Waals surface area contributed by atoms with Crippen LogP contribution >= 0.6 is 12.2 Å². The molecule has 1 atom stereocenters. The quantitative estimate of drug-likeness (QED) is 0.846. The van der Waals surface area contributed by atoms with Gasteiger partial charge in [0.2, 0.25) is 0 Å². The van der Waals surface area contributed by atoms with Crippen molar-refractivity contribution in [2.75, 3.05) is 4.90 Å². The molecule has 2 aromatic rings. The predicted octanol–water partition coefficient (Wildman–Crippen LogP) is 4.00. The molecular weight excluding hydrogens is 335 g/mol. The maximum Gasteiger partial charge on any atom is 0.416 e. The topological polar surface area (TPSA) is 27.6 Å². The fraction of sp³-hybridized carbons (Fsp3) is 0.176. The largest absolute Gasteiger partial charge is 0.416 e. The van der Waals surface area contributed by atoms with Gasteiger partial charge in [0.15, 0.2) is 0 Å². The molecule has 0 saturated carbocycles. The van der Waals surface area contributed by atoms with Crippen LogP contribution in [0.15, 0.2) is 59.7 Å². The lowest BCUT2D eigenvalue weighted by Crippen LogP contribution is -2.41. The molecule has 3 nitrogen and oxygen atoms in total. The van der Waals surface area contributed by atoms with Crippen molar-refractivity contribution in [1.82, 2.24) is 5.43 Å². The molecule has 0 saturated heterocycles. The minimum absolute atomic E-state index is 0.269. The highest BCUT2D eigenvalue weighted by Gasteiger charge is 2.31. The van der Waals surface area contributed by atoms with E-state index in [2.05, 4.69) is 10.5 Å². The number of amidine groups is 1. The van der Waals surface area contributed by atoms with Crippen LogP contribution in [-0.2, 0) is 12.6 Å². The monoisotopic (exact) mass is 349 g/mol. The third kappa shape index (κ3) is 3.41. The number of hydrazone groups is 1. The van der Waals surface area contributed by atoms with Crippen molar-refractivity contribution in [2.24, 2.45) is 5.10 Å². The lowest BCUT2D eigenvalue weighted by Gasteiger charge is -2.24. The Morgan fingerprint density at radius 2 is 1.88 bits per heavy atom. The highest BCUT2D eigenvalue weighted by molar-refractivity contribution is 7.79. The van der Waals surface area contributed by atoms with Crippen LogP contribution in [0.5, 0.6) is 0 Å². The molecule has 0 radical (unpaired) electrons. The lowest BCUT2D eigenvalue weighted by molar-refractivity contribution is -0.137. The van der Waals surface area contributed by atoms with Crippen molar-refractivity contribution in [1.29, 1.82) is 0 Å². The van der Waals surface area contributed by atoms with Gasteiger partial charge in [-0.2, -0.15) is 18.3 Å². The number of nitrogens with one attached hydrogen (secondary N) is 1. The van der Waals surface area contributed by atoms with E-state index in [1.165, 1.54) is 11.4 Å². The number of halogens is 3. The lowest BCUT2D eigenvalue weighted by atomic mass is 10.1. The molecule has 1 heterocycles. The number of hydrogen-bond acceptors (Lipinski definition) is 4. The van der Waals surface area contributed by atoms with Gasteiger partial charge in [0.05, 0.1) is 5.56 Å². The zero-order valence-electron chi connectivity index (χ0n) is 12.5. The van der Waals surface area contributed by atoms with Crippen LogP contribution in [0, 0.1) is 0 Å². The summed E-state index contributed by atoms with van der Waals surface area (Å²) in [6, 6.07) is 14.7. The van der Waals surface area contributed by atoms with Crippen molar-refractivity contribution < 1.29 is 13.2 Å². The third-order valence-corrected chi connectivity index (χ3v) is 3.92. The first kappa shape index (κ1) is 16.4. The zero-order valence-corrected chi connectivity index (χ0v) is 13.3. The van der Waals surface area contributed by atoms with Gasteiger partial charge >= 0.3 is 6.18 Å². The Balaban J connectivity index is 1.88. The van der Waals surface area contributed by atoms with Gasteiger partial charge in [-0.05, 0) is 23.8 Å². The highest BCUT2D eigenvalue weighted by Crippen LogP contribution is 2.30. The number of thiocarbonyl (C=S) groups is 1. The number of para-hydroxylation sites is 1. The van der Waals surface area contributed by atoms with E-state index in [1.807, 2.05) is 35.2 Å². The minimum Gasteiger partial charge on any atom is -0.301 e. The Morgan fingerprint density at radius 3 is 2.54 bits per heavy atom. The van der Waals surface area contributed by atoms with Crippen LogP contribution in [0.3, 0.4) is 0 Å². The van der Waals surface area contributed by atoms with Crippen LogP contribution in [0.1, 0.15) is 11.1 Å². The van der Waals surface area contributed by atoms with E-state index in [9.17, 15) is 13.2 Å². The van der Waals surface area contributed by atoms with Gasteiger partial charge in [-0.15, -0.1) is 0 Å². The van der Waals surface area contributed by atoms with E-state index >= 15 is 0 Å². The van der Waals surface area contributed by atoms with Gasteiger partial charge in [0, 0.05) is 17.5 Å². The number of rotatable bonds is 4. The van der Waals surface area contributed by atoms with Gasteiger partial charge in [0.25, 0.3) is 0 Å². The number of nitrogens with zero attached hydrogens (tertiary/aromatic N) is 2. The summed E-state index contributed by atoms with van der Waals surface area (Å²) < 4.78 is 38.6. The van der Waals surface area contributed by atoms with Crippen LogP contribution in [-0.4, -0.2) is 17.4 Å². The van der Waals surface area contributed by atoms with Gasteiger partial charge in [-0.3, -0.25) is 5.43 Å². The SMILES string of the molecule is FC(F)(F)c1cccc(CC2=NNC(C=S)N2c2ccccc2)c1. The number of benzene rings is 2. The van der Waals surface area contributed by atoms with Gasteiger partial charge in [-0.1, -0.05) is 48.6 Å². The van der Waals surface area contributed by atoms with Crippen molar-refractivity contribution in [3.05, 3.63) is 65.7 Å². The summed E-state index contributed by atoms with van der Waals surface area (Å²) in [5.74, 6) is 0.617. The Labute approximate surface area is 142 Å². The summed E-state index contributed by atoms with van der Waals surface area (Å²) in [4.78, 5) is 1.88. The van der Waals surface area contributed by atoms with Gasteiger partial charge in [0.1, 0.15) is 12.0 Å². The summed E-state index contributed by atoms with van der Waals surface area (Å²) in [6.45, 7) is 0. The Hall–Kier alpha value is -2.41. The van der Waals surface area contributed by atoms with Gasteiger partial charge < -0.3 is 4.90 Å². The molecular formula is C17H14F3N3S. The van der Waals surface area contributed by atoms with Crippen LogP contribution in [0.4, 0.5) is 18.9 Å². The first-order chi connectivity index (χ1) is 11.5. The first-order valence-corrected chi connectivity index (χ1v) is 7.74. The van der Waals surface area contributed by atoms with Crippen molar-refractivity contribution in [2.45, 2.75) is 18.8 Å². The van der Waals surface area contributed by atoms with Crippen molar-refractivity contribution in [3.8, 4) is 0 Å². The maximum atomic E-state index is 12.9. The Kier molecular flexibility index (Phi) is 4.53. The molecule has 3 rings (SSSR count). The second-order valence-electron chi connectivity index (χ2n) is 5.32. The van der Waals surface area contributed by atoms with E-state index in [0.717, 1.165) is 17.8 Å². The number of hydrogen-bond donors (Lipinski definition) is 1. The molecule has 0 aliphatic carbocycles. The molecule has 0 bridgehead atoms. The smallest absolute Gasteiger partial charge is 0.301 e. The molecule has 0 fully saturated rings. The second kappa shape index (κ2) is 6.60. The molecule has 24 heavy (non-hydrogen) atoms. The molecule has 0 spiro atoms. The summed E-state index contributed by atoms with van der Waals surface area (Å²) in [5.41, 5.74) is 3.65. The molecule has 124 valence electrons. The molecule has 2 aromatic carbocycles. The molecule has 0 aromatic heterocycles. The molecule has 7 heteroatoms. The molecule has 1 aliphatic rings.